The highest BCUT2D eigenvalue weighted by molar-refractivity contribution is 5.47. The van der Waals surface area contributed by atoms with Crippen molar-refractivity contribution in [2.45, 2.75) is 19.8 Å². The molecular formula is C13H19F2N3O. The van der Waals surface area contributed by atoms with Crippen LogP contribution in [-0.2, 0) is 4.74 Å². The van der Waals surface area contributed by atoms with Crippen LogP contribution in [0.4, 0.5) is 20.4 Å². The highest BCUT2D eigenvalue weighted by Crippen LogP contribution is 2.20. The Bertz CT molecular complexity index is 423. The second kappa shape index (κ2) is 6.65. The average molecular weight is 271 g/mol. The predicted molar refractivity (Wildman–Crippen MR) is 70.3 cm³/mol. The maximum atomic E-state index is 13.6. The second-order valence-electron chi connectivity index (χ2n) is 4.64. The first-order valence-electron chi connectivity index (χ1n) is 6.62. The van der Waals surface area contributed by atoms with Crippen LogP contribution in [0.2, 0.25) is 0 Å². The standard InChI is InChI=1S/C13H19F2N3O/c1-2-16-12-10(14)6-11(15)13(18-12)17-7-9-4-3-5-19-8-9/h6,9H,2-5,7-8H2,1H3,(H2,16,17,18). The molecule has 0 saturated carbocycles. The summed E-state index contributed by atoms with van der Waals surface area (Å²) in [7, 11) is 0. The molecule has 1 atom stereocenters. The molecular weight excluding hydrogens is 252 g/mol. The molecule has 1 fully saturated rings. The molecule has 4 nitrogen and oxygen atoms in total. The maximum absolute atomic E-state index is 13.6. The number of ether oxygens (including phenoxy) is 1. The van der Waals surface area contributed by atoms with Gasteiger partial charge in [0.1, 0.15) is 0 Å². The summed E-state index contributed by atoms with van der Waals surface area (Å²) in [4.78, 5) is 3.93. The zero-order valence-corrected chi connectivity index (χ0v) is 11.0. The van der Waals surface area contributed by atoms with Gasteiger partial charge in [0.15, 0.2) is 23.3 Å². The number of nitrogens with one attached hydrogen (secondary N) is 2. The molecule has 0 bridgehead atoms. The third-order valence-corrected chi connectivity index (χ3v) is 3.09. The summed E-state index contributed by atoms with van der Waals surface area (Å²) in [6.45, 7) is 4.42. The Kier molecular flexibility index (Phi) is 4.90. The Hall–Kier alpha value is -1.43. The summed E-state index contributed by atoms with van der Waals surface area (Å²) in [6, 6.07) is 0.852. The van der Waals surface area contributed by atoms with Gasteiger partial charge in [-0.1, -0.05) is 0 Å². The van der Waals surface area contributed by atoms with Gasteiger partial charge in [0, 0.05) is 25.8 Å². The first-order chi connectivity index (χ1) is 9.20. The largest absolute Gasteiger partial charge is 0.381 e. The van der Waals surface area contributed by atoms with Gasteiger partial charge in [-0.25, -0.2) is 13.8 Å². The van der Waals surface area contributed by atoms with E-state index in [0.717, 1.165) is 25.5 Å². The molecule has 1 saturated heterocycles. The molecule has 1 unspecified atom stereocenters. The number of hydrogen-bond donors (Lipinski definition) is 2. The van der Waals surface area contributed by atoms with Crippen molar-refractivity contribution in [3.63, 3.8) is 0 Å². The summed E-state index contributed by atoms with van der Waals surface area (Å²) in [5.74, 6) is -0.835. The number of hydrogen-bond acceptors (Lipinski definition) is 4. The first kappa shape index (κ1) is 14.0. The Morgan fingerprint density at radius 2 is 2.05 bits per heavy atom. The van der Waals surface area contributed by atoms with Gasteiger partial charge < -0.3 is 15.4 Å². The number of rotatable bonds is 5. The molecule has 1 aliphatic heterocycles. The van der Waals surface area contributed by atoms with Crippen LogP contribution in [0.1, 0.15) is 19.8 Å². The summed E-state index contributed by atoms with van der Waals surface area (Å²) in [6.07, 6.45) is 2.07. The zero-order chi connectivity index (χ0) is 13.7. The third kappa shape index (κ3) is 3.76. The Balaban J connectivity index is 2.00. The van der Waals surface area contributed by atoms with Crippen molar-refractivity contribution in [3.8, 4) is 0 Å². The molecule has 0 aliphatic carbocycles. The van der Waals surface area contributed by atoms with E-state index in [4.69, 9.17) is 4.74 Å². The topological polar surface area (TPSA) is 46.2 Å². The fourth-order valence-corrected chi connectivity index (χ4v) is 2.09. The van der Waals surface area contributed by atoms with Gasteiger partial charge >= 0.3 is 0 Å². The van der Waals surface area contributed by atoms with E-state index in [9.17, 15) is 8.78 Å². The van der Waals surface area contributed by atoms with Crippen LogP contribution in [0.3, 0.4) is 0 Å². The van der Waals surface area contributed by atoms with Crippen molar-refractivity contribution in [1.82, 2.24) is 4.98 Å². The van der Waals surface area contributed by atoms with Crippen molar-refractivity contribution in [3.05, 3.63) is 17.7 Å². The van der Waals surface area contributed by atoms with Crippen LogP contribution in [0.25, 0.3) is 0 Å². The van der Waals surface area contributed by atoms with Gasteiger partial charge in [-0.2, -0.15) is 0 Å². The van der Waals surface area contributed by atoms with Crippen molar-refractivity contribution in [2.75, 3.05) is 36.9 Å². The molecule has 0 spiro atoms. The quantitative estimate of drug-likeness (QED) is 0.864. The number of nitrogens with zero attached hydrogens (tertiary/aromatic N) is 1. The van der Waals surface area contributed by atoms with E-state index in [1.165, 1.54) is 0 Å². The average Bonchev–Trinajstić information content (AvgIpc) is 2.42. The Morgan fingerprint density at radius 3 is 2.68 bits per heavy atom. The first-order valence-corrected chi connectivity index (χ1v) is 6.62. The monoisotopic (exact) mass is 271 g/mol. The Morgan fingerprint density at radius 1 is 1.32 bits per heavy atom. The summed E-state index contributed by atoms with van der Waals surface area (Å²) in [5, 5.41) is 5.70. The lowest BCUT2D eigenvalue weighted by Crippen LogP contribution is -2.25. The van der Waals surface area contributed by atoms with Crippen LogP contribution >= 0.6 is 0 Å². The molecule has 0 amide bonds. The molecule has 19 heavy (non-hydrogen) atoms. The van der Waals surface area contributed by atoms with Crippen LogP contribution < -0.4 is 10.6 Å². The lowest BCUT2D eigenvalue weighted by molar-refractivity contribution is 0.0594. The van der Waals surface area contributed by atoms with Gasteiger partial charge in [-0.3, -0.25) is 0 Å². The molecule has 1 aromatic rings. The van der Waals surface area contributed by atoms with Gasteiger partial charge in [0.2, 0.25) is 0 Å². The molecule has 2 heterocycles. The fourth-order valence-electron chi connectivity index (χ4n) is 2.09. The molecule has 2 rings (SSSR count). The van der Waals surface area contributed by atoms with E-state index in [1.54, 1.807) is 0 Å². The summed E-state index contributed by atoms with van der Waals surface area (Å²) in [5.41, 5.74) is 0. The highest BCUT2D eigenvalue weighted by atomic mass is 19.1. The maximum Gasteiger partial charge on any atom is 0.168 e. The van der Waals surface area contributed by atoms with Crippen LogP contribution in [0, 0.1) is 17.6 Å². The van der Waals surface area contributed by atoms with Gasteiger partial charge in [-0.15, -0.1) is 0 Å². The molecule has 1 aromatic heterocycles. The van der Waals surface area contributed by atoms with E-state index in [-0.39, 0.29) is 11.6 Å². The number of aromatic nitrogens is 1. The number of anilines is 2. The van der Waals surface area contributed by atoms with Crippen molar-refractivity contribution >= 4 is 11.6 Å². The summed E-state index contributed by atoms with van der Waals surface area (Å²) >= 11 is 0. The molecule has 106 valence electrons. The van der Waals surface area contributed by atoms with E-state index in [2.05, 4.69) is 15.6 Å². The highest BCUT2D eigenvalue weighted by Gasteiger charge is 2.16. The normalized spacial score (nSPS) is 19.2. The zero-order valence-electron chi connectivity index (χ0n) is 11.0. The van der Waals surface area contributed by atoms with Crippen molar-refractivity contribution < 1.29 is 13.5 Å². The number of halogens is 2. The van der Waals surface area contributed by atoms with Crippen molar-refractivity contribution in [1.29, 1.82) is 0 Å². The van der Waals surface area contributed by atoms with Crippen LogP contribution in [0.5, 0.6) is 0 Å². The molecule has 2 N–H and O–H groups in total. The second-order valence-corrected chi connectivity index (χ2v) is 4.64. The minimum atomic E-state index is -0.675. The predicted octanol–water partition coefficient (Wildman–Crippen LogP) is 2.63. The van der Waals surface area contributed by atoms with E-state index in [0.29, 0.717) is 25.6 Å². The van der Waals surface area contributed by atoms with E-state index >= 15 is 0 Å². The molecule has 6 heteroatoms. The van der Waals surface area contributed by atoms with Crippen LogP contribution in [-0.4, -0.2) is 31.3 Å². The van der Waals surface area contributed by atoms with E-state index in [1.807, 2.05) is 6.92 Å². The van der Waals surface area contributed by atoms with Gasteiger partial charge in [-0.05, 0) is 25.7 Å². The lowest BCUT2D eigenvalue weighted by atomic mass is 10.0. The molecule has 1 aliphatic rings. The molecule has 0 aromatic carbocycles. The fraction of sp³-hybridized carbons (Fsp3) is 0.615. The minimum Gasteiger partial charge on any atom is -0.381 e. The van der Waals surface area contributed by atoms with Crippen LogP contribution in [0.15, 0.2) is 6.07 Å². The smallest absolute Gasteiger partial charge is 0.168 e. The summed E-state index contributed by atoms with van der Waals surface area (Å²) < 4.78 is 32.4. The Labute approximate surface area is 111 Å². The van der Waals surface area contributed by atoms with Crippen molar-refractivity contribution in [2.24, 2.45) is 5.92 Å². The number of pyridine rings is 1. The third-order valence-electron chi connectivity index (χ3n) is 3.09. The minimum absolute atomic E-state index is 0.0753. The lowest BCUT2D eigenvalue weighted by Gasteiger charge is -2.22. The van der Waals surface area contributed by atoms with E-state index < -0.39 is 11.6 Å². The van der Waals surface area contributed by atoms with Gasteiger partial charge in [0.25, 0.3) is 0 Å². The molecule has 0 radical (unpaired) electrons. The van der Waals surface area contributed by atoms with Gasteiger partial charge in [0.05, 0.1) is 6.61 Å². The SMILES string of the molecule is CCNc1nc(NCC2CCCOC2)c(F)cc1F.